The zero-order valence-corrected chi connectivity index (χ0v) is 21.7. The van der Waals surface area contributed by atoms with Crippen LogP contribution in [0.2, 0.25) is 0 Å². The van der Waals surface area contributed by atoms with E-state index in [1.54, 1.807) is 12.1 Å². The Morgan fingerprint density at radius 1 is 1.08 bits per heavy atom. The largest absolute Gasteiger partial charge is 0.456 e. The van der Waals surface area contributed by atoms with Crippen LogP contribution in [-0.2, 0) is 9.53 Å². The molecule has 0 spiro atoms. The molecule has 208 valence electrons. The van der Waals surface area contributed by atoms with E-state index >= 15 is 0 Å². The van der Waals surface area contributed by atoms with Gasteiger partial charge in [0.2, 0.25) is 5.91 Å². The quantitative estimate of drug-likeness (QED) is 0.373. The maximum absolute atomic E-state index is 14.6. The van der Waals surface area contributed by atoms with Crippen LogP contribution in [0.15, 0.2) is 40.8 Å². The van der Waals surface area contributed by atoms with Gasteiger partial charge in [-0.25, -0.2) is 4.39 Å². The summed E-state index contributed by atoms with van der Waals surface area (Å²) in [5.74, 6) is -0.838. The summed E-state index contributed by atoms with van der Waals surface area (Å²) in [7, 11) is 0. The Hall–Kier alpha value is -3.36. The molecule has 2 N–H and O–H groups in total. The van der Waals surface area contributed by atoms with Crippen LogP contribution in [0.1, 0.15) is 44.7 Å². The number of rotatable bonds is 8. The van der Waals surface area contributed by atoms with Crippen LogP contribution in [-0.4, -0.2) is 55.6 Å². The lowest BCUT2D eigenvalue weighted by Crippen LogP contribution is -2.53. The highest BCUT2D eigenvalue weighted by molar-refractivity contribution is 6.06. The van der Waals surface area contributed by atoms with Crippen molar-refractivity contribution in [2.45, 2.75) is 62.6 Å². The molecule has 1 aromatic heterocycles. The predicted octanol–water partition coefficient (Wildman–Crippen LogP) is 5.29. The molecule has 0 unspecified atom stereocenters. The minimum Gasteiger partial charge on any atom is -0.456 e. The molecule has 5 rings (SSSR count). The van der Waals surface area contributed by atoms with Crippen molar-refractivity contribution >= 4 is 33.5 Å². The Balaban J connectivity index is 1.46. The number of carbonyl (C=O) groups excluding carboxylic acids is 1. The van der Waals surface area contributed by atoms with Crippen molar-refractivity contribution in [1.82, 2.24) is 10.6 Å². The first-order chi connectivity index (χ1) is 18.4. The van der Waals surface area contributed by atoms with E-state index in [9.17, 15) is 27.6 Å². The molecule has 1 aliphatic heterocycles. The molecular formula is C28H30F4N4O3. The van der Waals surface area contributed by atoms with E-state index in [1.807, 2.05) is 18.2 Å². The van der Waals surface area contributed by atoms with Gasteiger partial charge in [0.15, 0.2) is 0 Å². The third kappa shape index (κ3) is 5.97. The second-order valence-corrected chi connectivity index (χ2v) is 10.9. The van der Waals surface area contributed by atoms with Gasteiger partial charge >= 0.3 is 6.18 Å². The molecular weight excluding hydrogens is 516 g/mol. The number of anilines is 1. The highest BCUT2D eigenvalue weighted by Crippen LogP contribution is 2.39. The second-order valence-electron chi connectivity index (χ2n) is 10.9. The lowest BCUT2D eigenvalue weighted by Gasteiger charge is -2.30. The number of nitrogens with one attached hydrogen (secondary N) is 2. The summed E-state index contributed by atoms with van der Waals surface area (Å²) in [5.41, 5.74) is -1.42. The van der Waals surface area contributed by atoms with Gasteiger partial charge in [-0.15, -0.1) is 0 Å². The van der Waals surface area contributed by atoms with Gasteiger partial charge in [0.25, 0.3) is 0 Å². The third-order valence-corrected chi connectivity index (χ3v) is 7.22. The van der Waals surface area contributed by atoms with E-state index in [2.05, 4.69) is 15.5 Å². The van der Waals surface area contributed by atoms with E-state index in [4.69, 9.17) is 9.15 Å². The van der Waals surface area contributed by atoms with Crippen LogP contribution in [0.3, 0.4) is 0 Å². The number of ether oxygens (including phenoxy) is 1. The molecule has 2 atom stereocenters. The van der Waals surface area contributed by atoms with Crippen molar-refractivity contribution in [3.8, 4) is 6.07 Å². The lowest BCUT2D eigenvalue weighted by atomic mass is 9.97. The molecule has 7 nitrogen and oxygen atoms in total. The number of nitriles is 1. The zero-order chi connectivity index (χ0) is 28.0. The molecule has 0 radical (unpaired) electrons. The van der Waals surface area contributed by atoms with Crippen molar-refractivity contribution < 1.29 is 31.5 Å². The van der Waals surface area contributed by atoms with Crippen LogP contribution in [0.5, 0.6) is 0 Å². The molecule has 11 heteroatoms. The molecule has 2 heterocycles. The summed E-state index contributed by atoms with van der Waals surface area (Å²) in [5, 5.41) is 15.6. The van der Waals surface area contributed by atoms with E-state index in [-0.39, 0.29) is 11.1 Å². The van der Waals surface area contributed by atoms with E-state index in [0.29, 0.717) is 37.0 Å². The van der Waals surface area contributed by atoms with Gasteiger partial charge in [-0.05, 0) is 56.5 Å². The number of benzene rings is 2. The van der Waals surface area contributed by atoms with Crippen LogP contribution in [0.25, 0.3) is 21.9 Å². The van der Waals surface area contributed by atoms with Crippen molar-refractivity contribution in [1.29, 1.82) is 5.26 Å². The van der Waals surface area contributed by atoms with E-state index in [1.165, 1.54) is 26.0 Å². The van der Waals surface area contributed by atoms with Crippen LogP contribution in [0.4, 0.5) is 23.2 Å². The summed E-state index contributed by atoms with van der Waals surface area (Å²) in [6, 6.07) is 8.07. The normalized spacial score (nSPS) is 19.1. The molecule has 1 aliphatic carbocycles. The third-order valence-electron chi connectivity index (χ3n) is 7.22. The minimum absolute atomic E-state index is 0.168. The molecule has 1 saturated heterocycles. The van der Waals surface area contributed by atoms with Crippen LogP contribution >= 0.6 is 0 Å². The van der Waals surface area contributed by atoms with Gasteiger partial charge in [-0.3, -0.25) is 10.1 Å². The maximum atomic E-state index is 14.6. The predicted molar refractivity (Wildman–Crippen MR) is 138 cm³/mol. The fourth-order valence-electron chi connectivity index (χ4n) is 4.99. The van der Waals surface area contributed by atoms with Crippen molar-refractivity contribution in [2.24, 2.45) is 0 Å². The van der Waals surface area contributed by atoms with Gasteiger partial charge in [0.1, 0.15) is 28.4 Å². The average molecular weight is 547 g/mol. The second kappa shape index (κ2) is 9.99. The first-order valence-electron chi connectivity index (χ1n) is 12.9. The highest BCUT2D eigenvalue weighted by Gasteiger charge is 2.48. The number of hydrogen-bond donors (Lipinski definition) is 2. The Morgan fingerprint density at radius 2 is 1.79 bits per heavy atom. The number of alkyl halides is 4. The number of hydrogen-bond acceptors (Lipinski definition) is 6. The van der Waals surface area contributed by atoms with Crippen LogP contribution in [0, 0.1) is 11.3 Å². The molecule has 3 aromatic rings. The summed E-state index contributed by atoms with van der Waals surface area (Å²) in [4.78, 5) is 15.1. The molecule has 0 bridgehead atoms. The van der Waals surface area contributed by atoms with Crippen LogP contribution < -0.4 is 15.5 Å². The van der Waals surface area contributed by atoms with Gasteiger partial charge in [0, 0.05) is 36.0 Å². The van der Waals surface area contributed by atoms with Gasteiger partial charge in [0.05, 0.1) is 25.3 Å². The molecule has 1 saturated carbocycles. The number of halogens is 4. The van der Waals surface area contributed by atoms with E-state index < -0.39 is 41.8 Å². The topological polar surface area (TPSA) is 90.5 Å². The maximum Gasteiger partial charge on any atom is 0.407 e. The first-order valence-corrected chi connectivity index (χ1v) is 12.9. The number of morpholine rings is 1. The smallest absolute Gasteiger partial charge is 0.407 e. The first kappa shape index (κ1) is 27.2. The minimum atomic E-state index is -4.80. The molecule has 1 amide bonds. The summed E-state index contributed by atoms with van der Waals surface area (Å²) < 4.78 is 69.0. The summed E-state index contributed by atoms with van der Waals surface area (Å²) in [6.07, 6.45) is -4.50. The monoisotopic (exact) mass is 546 g/mol. The summed E-state index contributed by atoms with van der Waals surface area (Å²) >= 11 is 0. The van der Waals surface area contributed by atoms with Crippen molar-refractivity contribution in [3.05, 3.63) is 42.0 Å². The summed E-state index contributed by atoms with van der Waals surface area (Å²) in [6.45, 7) is 5.11. The Kier molecular flexibility index (Phi) is 6.97. The SMILES string of the molecule is CC(C)(F)C[C@H](N[C@@H](c1ccc2c(c1)oc1ccc(N3CCOCC3)cc12)C(F)(F)F)C(=O)NC1(C#N)CC1. The van der Waals surface area contributed by atoms with Crippen molar-refractivity contribution in [2.75, 3.05) is 31.2 Å². The fraction of sp³-hybridized carbons (Fsp3) is 0.500. The number of amides is 1. The highest BCUT2D eigenvalue weighted by atomic mass is 19.4. The number of nitrogens with zero attached hydrogens (tertiary/aromatic N) is 2. The fourth-order valence-corrected chi connectivity index (χ4v) is 4.99. The van der Waals surface area contributed by atoms with E-state index in [0.717, 1.165) is 24.2 Å². The Morgan fingerprint density at radius 3 is 2.41 bits per heavy atom. The standard InChI is InChI=1S/C28H30F4N4O3/c1-26(2,29)15-21(25(37)35-27(16-33)7-8-27)34-24(28(30,31)32)17-3-5-19-20-14-18(36-9-11-38-12-10-36)4-6-22(20)39-23(19)13-17/h3-6,13-14,21,24,34H,7-12,15H2,1-2H3,(H,35,37)/t21-,24-/m0/s1. The number of furan rings is 1. The average Bonchev–Trinajstić information content (AvgIpc) is 3.56. The molecule has 39 heavy (non-hydrogen) atoms. The van der Waals surface area contributed by atoms with Gasteiger partial charge in [-0.1, -0.05) is 12.1 Å². The van der Waals surface area contributed by atoms with Crippen molar-refractivity contribution in [3.63, 3.8) is 0 Å². The molecule has 2 aliphatic rings. The Bertz CT molecular complexity index is 1410. The lowest BCUT2D eigenvalue weighted by molar-refractivity contribution is -0.161. The number of fused-ring (bicyclic) bond motifs is 3. The molecule has 2 aromatic carbocycles. The number of carbonyl (C=O) groups is 1. The van der Waals surface area contributed by atoms with Gasteiger partial charge in [-0.2, -0.15) is 18.4 Å². The van der Waals surface area contributed by atoms with Gasteiger partial charge < -0.3 is 19.4 Å². The zero-order valence-electron chi connectivity index (χ0n) is 21.7. The molecule has 2 fully saturated rings. The Labute approximate surface area is 223 Å².